The maximum Gasteiger partial charge on any atom is 0.160 e. The van der Waals surface area contributed by atoms with Crippen molar-refractivity contribution in [1.29, 1.82) is 0 Å². The lowest BCUT2D eigenvalue weighted by atomic mass is 9.89. The molecule has 1 aliphatic rings. The van der Waals surface area contributed by atoms with Crippen molar-refractivity contribution >= 4 is 0 Å². The van der Waals surface area contributed by atoms with Gasteiger partial charge in [0.05, 0.1) is 27.8 Å². The van der Waals surface area contributed by atoms with E-state index in [1.807, 2.05) is 24.3 Å². The molecular formula is C20H26NO4+. The third-order valence-corrected chi connectivity index (χ3v) is 5.17. The van der Waals surface area contributed by atoms with Gasteiger partial charge in [0.15, 0.2) is 23.0 Å². The van der Waals surface area contributed by atoms with Crippen LogP contribution in [0.3, 0.4) is 0 Å². The number of hydrogen-bond acceptors (Lipinski definition) is 4. The van der Waals surface area contributed by atoms with Crippen LogP contribution in [0.15, 0.2) is 30.3 Å². The van der Waals surface area contributed by atoms with Gasteiger partial charge in [-0.05, 0) is 41.8 Å². The molecule has 5 heteroatoms. The van der Waals surface area contributed by atoms with Crippen molar-refractivity contribution < 1.29 is 24.6 Å². The Kier molecular flexibility index (Phi) is 5.04. The molecule has 2 atom stereocenters. The summed E-state index contributed by atoms with van der Waals surface area (Å²) < 4.78 is 10.4. The number of fused-ring (bicyclic) bond motifs is 1. The predicted octanol–water partition coefficient (Wildman–Crippen LogP) is 1.86. The number of aryl methyl sites for hydroxylation is 1. The van der Waals surface area contributed by atoms with Crippen LogP contribution < -0.4 is 14.4 Å². The fraction of sp³-hybridized carbons (Fsp3) is 0.400. The Morgan fingerprint density at radius 2 is 1.76 bits per heavy atom. The first-order valence-corrected chi connectivity index (χ1v) is 8.61. The number of aromatic hydroxyl groups is 2. The highest BCUT2D eigenvalue weighted by molar-refractivity contribution is 5.48. The second-order valence-corrected chi connectivity index (χ2v) is 6.67. The highest BCUT2D eigenvalue weighted by Gasteiger charge is 2.29. The van der Waals surface area contributed by atoms with Gasteiger partial charge < -0.3 is 24.6 Å². The molecule has 5 nitrogen and oxygen atoms in total. The number of phenols is 2. The second kappa shape index (κ2) is 7.23. The summed E-state index contributed by atoms with van der Waals surface area (Å²) in [6, 6.07) is 9.64. The van der Waals surface area contributed by atoms with Gasteiger partial charge in [0.2, 0.25) is 0 Å². The van der Waals surface area contributed by atoms with E-state index in [0.717, 1.165) is 31.4 Å². The van der Waals surface area contributed by atoms with Crippen LogP contribution in [0, 0.1) is 0 Å². The summed E-state index contributed by atoms with van der Waals surface area (Å²) in [5.41, 5.74) is 3.59. The van der Waals surface area contributed by atoms with Gasteiger partial charge in [-0.1, -0.05) is 6.07 Å². The Labute approximate surface area is 148 Å². The monoisotopic (exact) mass is 344 g/mol. The third kappa shape index (κ3) is 3.51. The lowest BCUT2D eigenvalue weighted by Gasteiger charge is -2.32. The first-order chi connectivity index (χ1) is 12.0. The summed E-state index contributed by atoms with van der Waals surface area (Å²) in [6.07, 6.45) is 2.82. The van der Waals surface area contributed by atoms with Crippen LogP contribution in [-0.4, -0.2) is 38.0 Å². The van der Waals surface area contributed by atoms with E-state index in [-0.39, 0.29) is 11.5 Å². The van der Waals surface area contributed by atoms with E-state index >= 15 is 0 Å². The van der Waals surface area contributed by atoms with Gasteiger partial charge >= 0.3 is 0 Å². The van der Waals surface area contributed by atoms with E-state index in [4.69, 9.17) is 9.47 Å². The number of rotatable bonds is 5. The van der Waals surface area contributed by atoms with Crippen molar-refractivity contribution in [3.8, 4) is 23.0 Å². The SMILES string of the molecule is COc1cc(CC[C@@H]2c3cc(O)c(OC)cc3CC[NH+]2C)ccc1O. The van der Waals surface area contributed by atoms with Gasteiger partial charge in [0, 0.05) is 18.4 Å². The molecular weight excluding hydrogens is 318 g/mol. The Morgan fingerprint density at radius 1 is 1.04 bits per heavy atom. The largest absolute Gasteiger partial charge is 0.504 e. The quantitative estimate of drug-likeness (QED) is 0.775. The van der Waals surface area contributed by atoms with E-state index in [0.29, 0.717) is 17.5 Å². The zero-order chi connectivity index (χ0) is 18.0. The minimum Gasteiger partial charge on any atom is -0.504 e. The molecule has 3 rings (SSSR count). The summed E-state index contributed by atoms with van der Waals surface area (Å²) in [4.78, 5) is 1.45. The third-order valence-electron chi connectivity index (χ3n) is 5.17. The fourth-order valence-corrected chi connectivity index (χ4v) is 3.69. The molecule has 0 radical (unpaired) electrons. The molecule has 3 N–H and O–H groups in total. The smallest absolute Gasteiger partial charge is 0.160 e. The van der Waals surface area contributed by atoms with Gasteiger partial charge in [-0.2, -0.15) is 0 Å². The Hall–Kier alpha value is -2.40. The van der Waals surface area contributed by atoms with Crippen molar-refractivity contribution in [3.63, 3.8) is 0 Å². The van der Waals surface area contributed by atoms with E-state index in [9.17, 15) is 10.2 Å². The molecule has 0 aliphatic carbocycles. The summed E-state index contributed by atoms with van der Waals surface area (Å²) in [5.74, 6) is 1.41. The molecule has 0 spiro atoms. The molecule has 0 bridgehead atoms. The molecule has 0 amide bonds. The molecule has 0 saturated carbocycles. The molecule has 1 heterocycles. The molecule has 0 aromatic heterocycles. The van der Waals surface area contributed by atoms with Gasteiger partial charge in [-0.3, -0.25) is 0 Å². The minimum absolute atomic E-state index is 0.161. The van der Waals surface area contributed by atoms with Gasteiger partial charge in [0.25, 0.3) is 0 Å². The number of ether oxygens (including phenoxy) is 2. The molecule has 2 aromatic carbocycles. The zero-order valence-electron chi connectivity index (χ0n) is 15.0. The van der Waals surface area contributed by atoms with E-state index in [1.165, 1.54) is 16.0 Å². The molecule has 1 aliphatic heterocycles. The van der Waals surface area contributed by atoms with Crippen molar-refractivity contribution in [1.82, 2.24) is 0 Å². The Balaban J connectivity index is 1.82. The number of likely N-dealkylation sites (N-methyl/N-ethyl adjacent to an activating group) is 1. The van der Waals surface area contributed by atoms with Crippen LogP contribution in [0.4, 0.5) is 0 Å². The van der Waals surface area contributed by atoms with E-state index < -0.39 is 0 Å². The number of phenolic OH excluding ortho intramolecular Hbond substituents is 2. The maximum atomic E-state index is 10.2. The van der Waals surface area contributed by atoms with Gasteiger partial charge in [-0.25, -0.2) is 0 Å². The average Bonchev–Trinajstić information content (AvgIpc) is 2.61. The van der Waals surface area contributed by atoms with Crippen molar-refractivity contribution in [2.24, 2.45) is 0 Å². The first kappa shape index (κ1) is 17.4. The Bertz CT molecular complexity index is 760. The van der Waals surface area contributed by atoms with Crippen molar-refractivity contribution in [2.75, 3.05) is 27.8 Å². The van der Waals surface area contributed by atoms with Crippen LogP contribution in [0.25, 0.3) is 0 Å². The van der Waals surface area contributed by atoms with E-state index in [1.54, 1.807) is 20.3 Å². The normalized spacial score (nSPS) is 19.3. The standard InChI is InChI=1S/C20H25NO4/c1-21-9-8-14-11-20(25-3)18(23)12-15(14)16(21)6-4-13-5-7-17(22)19(10-13)24-2/h5,7,10-12,16,22-23H,4,6,8-9H2,1-3H3/p+1/t16-/m1/s1. The van der Waals surface area contributed by atoms with Crippen LogP contribution in [-0.2, 0) is 12.8 Å². The summed E-state index contributed by atoms with van der Waals surface area (Å²) in [6.45, 7) is 1.06. The highest BCUT2D eigenvalue weighted by atomic mass is 16.5. The molecule has 0 saturated heterocycles. The molecule has 25 heavy (non-hydrogen) atoms. The predicted molar refractivity (Wildman–Crippen MR) is 95.8 cm³/mol. The summed E-state index contributed by atoms with van der Waals surface area (Å²) >= 11 is 0. The topological polar surface area (TPSA) is 63.4 Å². The fourth-order valence-electron chi connectivity index (χ4n) is 3.69. The molecule has 0 fully saturated rings. The highest BCUT2D eigenvalue weighted by Crippen LogP contribution is 2.35. The number of hydrogen-bond donors (Lipinski definition) is 3. The van der Waals surface area contributed by atoms with Crippen molar-refractivity contribution in [2.45, 2.75) is 25.3 Å². The maximum absolute atomic E-state index is 10.2. The molecule has 1 unspecified atom stereocenters. The van der Waals surface area contributed by atoms with Crippen LogP contribution in [0.5, 0.6) is 23.0 Å². The van der Waals surface area contributed by atoms with Crippen LogP contribution in [0.2, 0.25) is 0 Å². The second-order valence-electron chi connectivity index (χ2n) is 6.67. The minimum atomic E-state index is 0.161. The number of quaternary nitrogens is 1. The lowest BCUT2D eigenvalue weighted by molar-refractivity contribution is -0.915. The number of nitrogens with one attached hydrogen (secondary N) is 1. The Morgan fingerprint density at radius 3 is 2.48 bits per heavy atom. The first-order valence-electron chi connectivity index (χ1n) is 8.61. The molecule has 2 aromatic rings. The zero-order valence-corrected chi connectivity index (χ0v) is 15.0. The van der Waals surface area contributed by atoms with Gasteiger partial charge in [-0.15, -0.1) is 0 Å². The number of benzene rings is 2. The van der Waals surface area contributed by atoms with Crippen LogP contribution in [0.1, 0.15) is 29.2 Å². The summed E-state index contributed by atoms with van der Waals surface area (Å²) in [7, 11) is 5.34. The lowest BCUT2D eigenvalue weighted by Crippen LogP contribution is -3.10. The molecule has 134 valence electrons. The number of methoxy groups -OCH3 is 2. The van der Waals surface area contributed by atoms with Crippen molar-refractivity contribution in [3.05, 3.63) is 47.0 Å². The van der Waals surface area contributed by atoms with E-state index in [2.05, 4.69) is 7.05 Å². The van der Waals surface area contributed by atoms with Crippen LogP contribution >= 0.6 is 0 Å². The summed E-state index contributed by atoms with van der Waals surface area (Å²) in [5, 5.41) is 19.9. The average molecular weight is 344 g/mol. The van der Waals surface area contributed by atoms with Gasteiger partial charge in [0.1, 0.15) is 6.04 Å².